The largest absolute Gasteiger partial charge is 0.338 e. The van der Waals surface area contributed by atoms with Gasteiger partial charge in [-0.15, -0.1) is 11.8 Å². The number of carbonyl (C=O) groups excluding carboxylic acids is 1. The van der Waals surface area contributed by atoms with Crippen molar-refractivity contribution in [3.05, 3.63) is 12.2 Å². The zero-order valence-electron chi connectivity index (χ0n) is 9.23. The predicted molar refractivity (Wildman–Crippen MR) is 60.5 cm³/mol. The van der Waals surface area contributed by atoms with Gasteiger partial charge in [0.05, 0.1) is 12.3 Å². The molecule has 15 heavy (non-hydrogen) atoms. The Hall–Kier alpha value is -1.04. The van der Waals surface area contributed by atoms with Gasteiger partial charge in [0.15, 0.2) is 0 Å². The van der Waals surface area contributed by atoms with Crippen LogP contribution in [-0.4, -0.2) is 44.0 Å². The van der Waals surface area contributed by atoms with Crippen molar-refractivity contribution in [2.75, 3.05) is 12.8 Å². The number of hydrogen-bond donors (Lipinski definition) is 1. The number of nitrogens with one attached hydrogen (secondary N) is 1. The van der Waals surface area contributed by atoms with Crippen molar-refractivity contribution in [3.63, 3.8) is 0 Å². The quantitative estimate of drug-likeness (QED) is 0.813. The normalized spacial score (nSPS) is 10.7. The molecule has 6 heteroatoms. The van der Waals surface area contributed by atoms with Crippen LogP contribution in [0.25, 0.3) is 0 Å². The Bertz CT molecular complexity index is 299. The van der Waals surface area contributed by atoms with Crippen LogP contribution in [0.2, 0.25) is 0 Å². The number of aromatic nitrogens is 3. The number of aromatic amines is 1. The standard InChI is InChI=1S/C9H16N4OS/c1-7(2)15-5-9(14)13(3)4-8-10-6-11-12-8/h6-7H,4-5H2,1-3H3,(H,10,11,12). The lowest BCUT2D eigenvalue weighted by Crippen LogP contribution is -2.28. The van der Waals surface area contributed by atoms with E-state index in [0.717, 1.165) is 0 Å². The molecule has 0 saturated heterocycles. The highest BCUT2D eigenvalue weighted by Crippen LogP contribution is 2.10. The molecule has 0 aliphatic carbocycles. The van der Waals surface area contributed by atoms with Gasteiger partial charge in [0.25, 0.3) is 0 Å². The van der Waals surface area contributed by atoms with Gasteiger partial charge in [-0.1, -0.05) is 13.8 Å². The lowest BCUT2D eigenvalue weighted by Gasteiger charge is -2.15. The summed E-state index contributed by atoms with van der Waals surface area (Å²) in [6, 6.07) is 0. The molecule has 1 heterocycles. The summed E-state index contributed by atoms with van der Waals surface area (Å²) in [6.45, 7) is 4.64. The second kappa shape index (κ2) is 5.75. The monoisotopic (exact) mass is 228 g/mol. The van der Waals surface area contributed by atoms with Crippen molar-refractivity contribution in [1.82, 2.24) is 20.1 Å². The maximum Gasteiger partial charge on any atom is 0.232 e. The van der Waals surface area contributed by atoms with Crippen molar-refractivity contribution >= 4 is 17.7 Å². The van der Waals surface area contributed by atoms with Gasteiger partial charge in [-0.3, -0.25) is 9.89 Å². The Balaban J connectivity index is 2.33. The topological polar surface area (TPSA) is 61.9 Å². The molecule has 0 bridgehead atoms. The molecule has 1 amide bonds. The van der Waals surface area contributed by atoms with Crippen LogP contribution in [0.4, 0.5) is 0 Å². The first-order valence-electron chi connectivity index (χ1n) is 4.79. The van der Waals surface area contributed by atoms with Crippen LogP contribution in [0.1, 0.15) is 19.7 Å². The molecule has 5 nitrogen and oxygen atoms in total. The zero-order valence-corrected chi connectivity index (χ0v) is 10.0. The second-order valence-corrected chi connectivity index (χ2v) is 5.11. The molecule has 1 N–H and O–H groups in total. The molecule has 0 saturated carbocycles. The zero-order chi connectivity index (χ0) is 11.3. The van der Waals surface area contributed by atoms with Crippen molar-refractivity contribution in [3.8, 4) is 0 Å². The van der Waals surface area contributed by atoms with Crippen LogP contribution in [0, 0.1) is 0 Å². The van der Waals surface area contributed by atoms with Crippen molar-refractivity contribution in [2.24, 2.45) is 0 Å². The molecular formula is C9H16N4OS. The number of H-pyrrole nitrogens is 1. The van der Waals surface area contributed by atoms with Gasteiger partial charge in [0, 0.05) is 7.05 Å². The lowest BCUT2D eigenvalue weighted by molar-refractivity contribution is -0.127. The Morgan fingerprint density at radius 3 is 2.93 bits per heavy atom. The summed E-state index contributed by atoms with van der Waals surface area (Å²) in [7, 11) is 1.77. The number of rotatable bonds is 5. The third-order valence-electron chi connectivity index (χ3n) is 1.82. The summed E-state index contributed by atoms with van der Waals surface area (Å²) in [4.78, 5) is 17.2. The van der Waals surface area contributed by atoms with Gasteiger partial charge in [-0.2, -0.15) is 5.10 Å². The predicted octanol–water partition coefficient (Wildman–Crippen LogP) is 0.905. The summed E-state index contributed by atoms with van der Waals surface area (Å²) < 4.78 is 0. The first kappa shape index (κ1) is 12.0. The van der Waals surface area contributed by atoms with Gasteiger partial charge in [-0.25, -0.2) is 4.98 Å². The van der Waals surface area contributed by atoms with Gasteiger partial charge in [0.2, 0.25) is 5.91 Å². The summed E-state index contributed by atoms with van der Waals surface area (Å²) in [5.41, 5.74) is 0. The van der Waals surface area contributed by atoms with E-state index < -0.39 is 0 Å². The first-order chi connectivity index (χ1) is 7.09. The molecule has 0 aliphatic rings. The second-order valence-electron chi connectivity index (χ2n) is 3.54. The van der Waals surface area contributed by atoms with Gasteiger partial charge in [-0.05, 0) is 5.25 Å². The van der Waals surface area contributed by atoms with Crippen LogP contribution in [0.5, 0.6) is 0 Å². The van der Waals surface area contributed by atoms with Crippen LogP contribution >= 0.6 is 11.8 Å². The van der Waals surface area contributed by atoms with Crippen molar-refractivity contribution in [2.45, 2.75) is 25.6 Å². The fraction of sp³-hybridized carbons (Fsp3) is 0.667. The molecule has 0 fully saturated rings. The minimum absolute atomic E-state index is 0.116. The third kappa shape index (κ3) is 4.33. The molecule has 0 radical (unpaired) electrons. The highest BCUT2D eigenvalue weighted by atomic mass is 32.2. The van der Waals surface area contributed by atoms with Crippen LogP contribution in [-0.2, 0) is 11.3 Å². The molecule has 0 atom stereocenters. The van der Waals surface area contributed by atoms with E-state index >= 15 is 0 Å². The van der Waals surface area contributed by atoms with Crippen molar-refractivity contribution < 1.29 is 4.79 Å². The molecule has 1 aromatic heterocycles. The molecular weight excluding hydrogens is 212 g/mol. The summed E-state index contributed by atoms with van der Waals surface area (Å²) in [5.74, 6) is 1.34. The van der Waals surface area contributed by atoms with Crippen molar-refractivity contribution in [1.29, 1.82) is 0 Å². The minimum Gasteiger partial charge on any atom is -0.338 e. The number of carbonyl (C=O) groups is 1. The fourth-order valence-electron chi connectivity index (χ4n) is 0.968. The first-order valence-corrected chi connectivity index (χ1v) is 5.84. The summed E-state index contributed by atoms with van der Waals surface area (Å²) in [5, 5.41) is 6.93. The van der Waals surface area contributed by atoms with Crippen LogP contribution < -0.4 is 0 Å². The average molecular weight is 228 g/mol. The van der Waals surface area contributed by atoms with E-state index in [1.807, 2.05) is 0 Å². The Morgan fingerprint density at radius 2 is 2.40 bits per heavy atom. The maximum atomic E-state index is 11.6. The average Bonchev–Trinajstić information content (AvgIpc) is 2.66. The van der Waals surface area contributed by atoms with Crippen LogP contribution in [0.3, 0.4) is 0 Å². The molecule has 0 aliphatic heterocycles. The van der Waals surface area contributed by atoms with Crippen LogP contribution in [0.15, 0.2) is 6.33 Å². The van der Waals surface area contributed by atoms with E-state index in [4.69, 9.17) is 0 Å². The van der Waals surface area contributed by atoms with E-state index in [1.54, 1.807) is 23.7 Å². The van der Waals surface area contributed by atoms with E-state index in [0.29, 0.717) is 23.4 Å². The highest BCUT2D eigenvalue weighted by Gasteiger charge is 2.11. The fourth-order valence-corrected chi connectivity index (χ4v) is 1.66. The summed E-state index contributed by atoms with van der Waals surface area (Å²) >= 11 is 1.64. The third-order valence-corrected chi connectivity index (χ3v) is 2.90. The molecule has 0 unspecified atom stereocenters. The number of hydrogen-bond acceptors (Lipinski definition) is 4. The Morgan fingerprint density at radius 1 is 1.67 bits per heavy atom. The minimum atomic E-state index is 0.116. The highest BCUT2D eigenvalue weighted by molar-refractivity contribution is 8.00. The van der Waals surface area contributed by atoms with Gasteiger partial charge >= 0.3 is 0 Å². The van der Waals surface area contributed by atoms with Gasteiger partial charge < -0.3 is 4.90 Å². The molecule has 0 spiro atoms. The lowest BCUT2D eigenvalue weighted by atomic mass is 10.5. The SMILES string of the molecule is CC(C)SCC(=O)N(C)Cc1ncn[nH]1. The molecule has 1 rings (SSSR count). The van der Waals surface area contributed by atoms with E-state index in [9.17, 15) is 4.79 Å². The Kier molecular flexibility index (Phi) is 4.61. The molecule has 0 aromatic carbocycles. The molecule has 84 valence electrons. The molecule has 1 aromatic rings. The number of thioether (sulfide) groups is 1. The number of amides is 1. The van der Waals surface area contributed by atoms with E-state index in [1.165, 1.54) is 6.33 Å². The summed E-state index contributed by atoms with van der Waals surface area (Å²) in [6.07, 6.45) is 1.44. The number of nitrogens with zero attached hydrogens (tertiary/aromatic N) is 3. The van der Waals surface area contributed by atoms with E-state index in [2.05, 4.69) is 29.0 Å². The maximum absolute atomic E-state index is 11.6. The smallest absolute Gasteiger partial charge is 0.232 e. The van der Waals surface area contributed by atoms with E-state index in [-0.39, 0.29) is 5.91 Å². The van der Waals surface area contributed by atoms with Gasteiger partial charge in [0.1, 0.15) is 12.2 Å². The Labute approximate surface area is 93.6 Å².